The van der Waals surface area contributed by atoms with Gasteiger partial charge in [0.05, 0.1) is 22.3 Å². The molecule has 2 heterocycles. The molecule has 0 N–H and O–H groups in total. The van der Waals surface area contributed by atoms with E-state index in [1.54, 1.807) is 0 Å². The molecule has 0 aliphatic rings. The minimum absolute atomic E-state index is 0.308. The molecule has 250 valence electrons. The number of nitrogens with zero attached hydrogens (tertiary/aromatic N) is 2. The molecule has 0 unspecified atom stereocenters. The highest BCUT2D eigenvalue weighted by Crippen LogP contribution is 2.46. The van der Waals surface area contributed by atoms with Crippen molar-refractivity contribution in [3.8, 4) is 28.2 Å². The van der Waals surface area contributed by atoms with Crippen LogP contribution in [0.4, 0.5) is 0 Å². The quantitative estimate of drug-likeness (QED) is 0.171. The maximum Gasteiger partial charge on any atom is 0.149 e. The van der Waals surface area contributed by atoms with E-state index < -0.39 is 0 Å². The molecule has 0 aliphatic heterocycles. The van der Waals surface area contributed by atoms with Gasteiger partial charge >= 0.3 is 0 Å². The van der Waals surface area contributed by atoms with Gasteiger partial charge in [-0.15, -0.1) is 0 Å². The molecule has 0 saturated heterocycles. The van der Waals surface area contributed by atoms with E-state index in [1.165, 1.54) is 49.1 Å². The summed E-state index contributed by atoms with van der Waals surface area (Å²) in [6.07, 6.45) is 0. The van der Waals surface area contributed by atoms with Crippen LogP contribution in [0.3, 0.4) is 0 Å². The fourth-order valence-electron chi connectivity index (χ4n) is 8.42. The molecule has 3 heteroatoms. The van der Waals surface area contributed by atoms with Gasteiger partial charge in [-0.3, -0.25) is 4.57 Å². The van der Waals surface area contributed by atoms with Crippen LogP contribution in [0.15, 0.2) is 150 Å². The normalized spacial score (nSPS) is 12.2. The van der Waals surface area contributed by atoms with E-state index >= 15 is 0 Å². The summed E-state index contributed by atoms with van der Waals surface area (Å²) in [6.45, 7) is 9.17. The lowest BCUT2D eigenvalue weighted by Crippen LogP contribution is -2.09. The summed E-state index contributed by atoms with van der Waals surface area (Å²) in [5, 5.41) is 9.45. The molecular weight excluding hydrogens is 633 g/mol. The summed E-state index contributed by atoms with van der Waals surface area (Å²) in [6, 6.07) is 52.7. The van der Waals surface area contributed by atoms with Gasteiger partial charge in [-0.1, -0.05) is 149 Å². The van der Waals surface area contributed by atoms with Crippen LogP contribution in [0, 0.1) is 0 Å². The fraction of sp³-hybridized carbons (Fsp3) is 0.122. The minimum Gasteiger partial charge on any atom is -0.455 e. The molecule has 52 heavy (non-hydrogen) atoms. The molecule has 0 atom stereocenters. The van der Waals surface area contributed by atoms with Crippen LogP contribution in [-0.4, -0.2) is 9.55 Å². The van der Waals surface area contributed by atoms with Gasteiger partial charge in [0, 0.05) is 16.2 Å². The van der Waals surface area contributed by atoms with Gasteiger partial charge in [-0.2, -0.15) is 0 Å². The summed E-state index contributed by atoms with van der Waals surface area (Å²) in [5.41, 5.74) is 10.9. The topological polar surface area (TPSA) is 31.0 Å². The Hall–Kier alpha value is -6.19. The van der Waals surface area contributed by atoms with E-state index in [0.717, 1.165) is 55.5 Å². The highest BCUT2D eigenvalue weighted by Gasteiger charge is 2.26. The lowest BCUT2D eigenvalue weighted by Gasteiger charge is -2.23. The zero-order chi connectivity index (χ0) is 35.1. The van der Waals surface area contributed by atoms with Crippen molar-refractivity contribution in [3.63, 3.8) is 0 Å². The lowest BCUT2D eigenvalue weighted by molar-refractivity contribution is 0.670. The van der Waals surface area contributed by atoms with Crippen molar-refractivity contribution < 1.29 is 4.42 Å². The Morgan fingerprint density at radius 3 is 1.90 bits per heavy atom. The van der Waals surface area contributed by atoms with Crippen LogP contribution in [0.1, 0.15) is 50.7 Å². The summed E-state index contributed by atoms with van der Waals surface area (Å²) in [4.78, 5) is 5.53. The third-order valence-electron chi connectivity index (χ3n) is 10.9. The number of rotatable bonds is 5. The maximum absolute atomic E-state index is 7.13. The first-order valence-corrected chi connectivity index (χ1v) is 18.4. The zero-order valence-electron chi connectivity index (χ0n) is 29.8. The number of hydrogen-bond acceptors (Lipinski definition) is 2. The predicted molar refractivity (Wildman–Crippen MR) is 220 cm³/mol. The number of hydrogen-bond donors (Lipinski definition) is 0. The number of fused-ring (bicyclic) bond motifs is 9. The van der Waals surface area contributed by atoms with Gasteiger partial charge in [0.15, 0.2) is 0 Å². The second-order valence-electron chi connectivity index (χ2n) is 14.7. The van der Waals surface area contributed by atoms with Crippen molar-refractivity contribution in [2.24, 2.45) is 0 Å². The van der Waals surface area contributed by atoms with E-state index in [0.29, 0.717) is 11.8 Å². The summed E-state index contributed by atoms with van der Waals surface area (Å²) >= 11 is 0. The molecule has 0 radical (unpaired) electrons. The Balaban J connectivity index is 1.38. The average molecular weight is 671 g/mol. The van der Waals surface area contributed by atoms with Gasteiger partial charge < -0.3 is 4.42 Å². The minimum atomic E-state index is 0.308. The lowest BCUT2D eigenvalue weighted by atomic mass is 9.92. The predicted octanol–water partition coefficient (Wildman–Crippen LogP) is 14.0. The zero-order valence-corrected chi connectivity index (χ0v) is 29.8. The van der Waals surface area contributed by atoms with Crippen LogP contribution in [0.2, 0.25) is 0 Å². The molecule has 0 fully saturated rings. The van der Waals surface area contributed by atoms with E-state index in [4.69, 9.17) is 9.40 Å². The molecule has 10 aromatic rings. The second kappa shape index (κ2) is 11.7. The van der Waals surface area contributed by atoms with Gasteiger partial charge in [-0.05, 0) is 85.3 Å². The fourth-order valence-corrected chi connectivity index (χ4v) is 8.42. The van der Waals surface area contributed by atoms with Crippen LogP contribution in [0.25, 0.3) is 93.5 Å². The van der Waals surface area contributed by atoms with Gasteiger partial charge in [0.1, 0.15) is 17.0 Å². The highest BCUT2D eigenvalue weighted by atomic mass is 16.3. The van der Waals surface area contributed by atoms with Crippen LogP contribution >= 0.6 is 0 Å². The van der Waals surface area contributed by atoms with E-state index in [9.17, 15) is 0 Å². The van der Waals surface area contributed by atoms with Crippen molar-refractivity contribution in [1.82, 2.24) is 9.55 Å². The Kier molecular flexibility index (Phi) is 6.88. The SMILES string of the molecule is CC(C)c1cccc(C(C)C)c1-n1c(-c2ccc(-c3ccccc3)c3c2oc2cc4c(ccc5ccccc54)cc23)nc2ccc3ccccc3c21. The van der Waals surface area contributed by atoms with Crippen LogP contribution in [-0.2, 0) is 0 Å². The van der Waals surface area contributed by atoms with E-state index in [2.05, 4.69) is 178 Å². The van der Waals surface area contributed by atoms with Crippen molar-refractivity contribution >= 4 is 65.3 Å². The smallest absolute Gasteiger partial charge is 0.149 e. The van der Waals surface area contributed by atoms with E-state index in [1.807, 2.05) is 0 Å². The molecule has 2 aromatic heterocycles. The molecular formula is C49H38N2O. The molecule has 0 aliphatic carbocycles. The Morgan fingerprint density at radius 2 is 1.15 bits per heavy atom. The first-order valence-electron chi connectivity index (χ1n) is 18.4. The van der Waals surface area contributed by atoms with Crippen LogP contribution < -0.4 is 0 Å². The summed E-state index contributed by atoms with van der Waals surface area (Å²) in [7, 11) is 0. The first kappa shape index (κ1) is 30.6. The molecule has 0 spiro atoms. The second-order valence-corrected chi connectivity index (χ2v) is 14.7. The van der Waals surface area contributed by atoms with Crippen molar-refractivity contribution in [2.45, 2.75) is 39.5 Å². The number of imidazole rings is 1. The standard InChI is InChI=1S/C49H38N2O/c1-29(2)35-19-12-20-36(30(3)4)46(35)51-47-39-18-11-9-16-33(39)23-26-43(47)50-49(51)40-25-24-38(31-13-6-5-7-14-31)45-42-27-34-22-21-32-15-8-10-17-37(32)41(34)28-44(42)52-48(40)45/h5-30H,1-4H3. The van der Waals surface area contributed by atoms with Gasteiger partial charge in [-0.25, -0.2) is 4.98 Å². The molecule has 0 bridgehead atoms. The summed E-state index contributed by atoms with van der Waals surface area (Å²) in [5.74, 6) is 1.51. The molecule has 0 amide bonds. The number of para-hydroxylation sites is 1. The molecule has 3 nitrogen and oxygen atoms in total. The third kappa shape index (κ3) is 4.55. The molecule has 8 aromatic carbocycles. The Labute approximate surface area is 302 Å². The Bertz CT molecular complexity index is 2990. The number of benzene rings is 8. The monoisotopic (exact) mass is 670 g/mol. The van der Waals surface area contributed by atoms with Crippen LogP contribution in [0.5, 0.6) is 0 Å². The molecule has 0 saturated carbocycles. The average Bonchev–Trinajstić information content (AvgIpc) is 3.75. The van der Waals surface area contributed by atoms with Gasteiger partial charge in [0.25, 0.3) is 0 Å². The Morgan fingerprint density at radius 1 is 0.519 bits per heavy atom. The maximum atomic E-state index is 7.13. The summed E-state index contributed by atoms with van der Waals surface area (Å²) < 4.78 is 9.59. The first-order chi connectivity index (χ1) is 25.5. The van der Waals surface area contributed by atoms with Gasteiger partial charge in [0.2, 0.25) is 0 Å². The van der Waals surface area contributed by atoms with E-state index in [-0.39, 0.29) is 0 Å². The molecule has 10 rings (SSSR count). The largest absolute Gasteiger partial charge is 0.455 e. The third-order valence-corrected chi connectivity index (χ3v) is 10.9. The number of aromatic nitrogens is 2. The van der Waals surface area contributed by atoms with Crippen molar-refractivity contribution in [2.75, 3.05) is 0 Å². The number of furan rings is 1. The van der Waals surface area contributed by atoms with Crippen molar-refractivity contribution in [1.29, 1.82) is 0 Å². The van der Waals surface area contributed by atoms with Crippen molar-refractivity contribution in [3.05, 3.63) is 157 Å². The highest BCUT2D eigenvalue weighted by molar-refractivity contribution is 6.21.